The number of nitrogen functional groups attached to an aromatic ring is 1. The highest BCUT2D eigenvalue weighted by Crippen LogP contribution is 2.23. The number of benzene rings is 1. The average molecular weight is 248 g/mol. The second-order valence-corrected chi connectivity index (χ2v) is 4.98. The molecule has 18 heavy (non-hydrogen) atoms. The summed E-state index contributed by atoms with van der Waals surface area (Å²) in [7, 11) is 0. The lowest BCUT2D eigenvalue weighted by Gasteiger charge is -2.25. The van der Waals surface area contributed by atoms with Crippen molar-refractivity contribution < 1.29 is 9.90 Å². The summed E-state index contributed by atoms with van der Waals surface area (Å²) in [5, 5.41) is 12.5. The smallest absolute Gasteiger partial charge is 0.253 e. The van der Waals surface area contributed by atoms with Crippen LogP contribution < -0.4 is 11.1 Å². The minimum atomic E-state index is -0.206. The summed E-state index contributed by atoms with van der Waals surface area (Å²) in [5.74, 6) is 0.246. The van der Waals surface area contributed by atoms with E-state index in [1.165, 1.54) is 0 Å². The van der Waals surface area contributed by atoms with Gasteiger partial charge in [-0.15, -0.1) is 0 Å². The SMILES string of the molecule is Nc1ccccc1C(=O)NCC1CCCC(O)C1. The number of amides is 1. The van der Waals surface area contributed by atoms with E-state index in [2.05, 4.69) is 5.32 Å². The van der Waals surface area contributed by atoms with Crippen molar-refractivity contribution in [3.05, 3.63) is 29.8 Å². The molecule has 4 N–H and O–H groups in total. The first-order valence-electron chi connectivity index (χ1n) is 6.47. The fraction of sp³-hybridized carbons (Fsp3) is 0.500. The molecule has 98 valence electrons. The van der Waals surface area contributed by atoms with E-state index in [0.717, 1.165) is 25.7 Å². The molecule has 0 radical (unpaired) electrons. The average Bonchev–Trinajstić information content (AvgIpc) is 2.37. The first kappa shape index (κ1) is 12.9. The molecule has 1 aromatic rings. The first-order chi connectivity index (χ1) is 8.66. The Morgan fingerprint density at radius 2 is 2.17 bits per heavy atom. The predicted molar refractivity (Wildman–Crippen MR) is 71.2 cm³/mol. The molecule has 1 amide bonds. The van der Waals surface area contributed by atoms with Gasteiger partial charge < -0.3 is 16.2 Å². The molecule has 2 atom stereocenters. The van der Waals surface area contributed by atoms with Gasteiger partial charge in [-0.05, 0) is 37.3 Å². The zero-order valence-corrected chi connectivity index (χ0v) is 10.4. The lowest BCUT2D eigenvalue weighted by Crippen LogP contribution is -2.33. The number of carbonyl (C=O) groups excluding carboxylic acids is 1. The zero-order valence-electron chi connectivity index (χ0n) is 10.4. The van der Waals surface area contributed by atoms with Crippen LogP contribution in [-0.4, -0.2) is 23.7 Å². The Bertz CT molecular complexity index is 420. The maximum Gasteiger partial charge on any atom is 0.253 e. The van der Waals surface area contributed by atoms with Gasteiger partial charge in [-0.3, -0.25) is 4.79 Å². The van der Waals surface area contributed by atoms with Crippen molar-refractivity contribution in [1.82, 2.24) is 5.32 Å². The Labute approximate surface area is 107 Å². The van der Waals surface area contributed by atoms with Crippen LogP contribution in [0, 0.1) is 5.92 Å². The number of hydrogen-bond donors (Lipinski definition) is 3. The number of rotatable bonds is 3. The van der Waals surface area contributed by atoms with Crippen LogP contribution >= 0.6 is 0 Å². The maximum atomic E-state index is 11.9. The van der Waals surface area contributed by atoms with Gasteiger partial charge in [0.25, 0.3) is 5.91 Å². The molecule has 0 aliphatic heterocycles. The third-order valence-corrected chi connectivity index (χ3v) is 3.51. The molecule has 0 aromatic heterocycles. The van der Waals surface area contributed by atoms with Crippen LogP contribution in [0.4, 0.5) is 5.69 Å². The fourth-order valence-electron chi connectivity index (χ4n) is 2.48. The number of nitrogens with one attached hydrogen (secondary N) is 1. The summed E-state index contributed by atoms with van der Waals surface area (Å²) >= 11 is 0. The van der Waals surface area contributed by atoms with Gasteiger partial charge in [0.15, 0.2) is 0 Å². The first-order valence-corrected chi connectivity index (χ1v) is 6.47. The quantitative estimate of drug-likeness (QED) is 0.710. The van der Waals surface area contributed by atoms with E-state index in [0.29, 0.717) is 23.7 Å². The Morgan fingerprint density at radius 1 is 1.39 bits per heavy atom. The number of anilines is 1. The summed E-state index contributed by atoms with van der Waals surface area (Å²) < 4.78 is 0. The van der Waals surface area contributed by atoms with Gasteiger partial charge in [0.05, 0.1) is 11.7 Å². The van der Waals surface area contributed by atoms with Crippen LogP contribution in [0.2, 0.25) is 0 Å². The molecule has 4 nitrogen and oxygen atoms in total. The highest BCUT2D eigenvalue weighted by molar-refractivity contribution is 5.99. The summed E-state index contributed by atoms with van der Waals surface area (Å²) in [6.45, 7) is 0.615. The Morgan fingerprint density at radius 3 is 2.89 bits per heavy atom. The summed E-state index contributed by atoms with van der Waals surface area (Å²) in [6.07, 6.45) is 3.57. The Balaban J connectivity index is 1.87. The maximum absolute atomic E-state index is 11.9. The second kappa shape index (κ2) is 5.87. The highest BCUT2D eigenvalue weighted by Gasteiger charge is 2.20. The molecule has 1 fully saturated rings. The van der Waals surface area contributed by atoms with Gasteiger partial charge in [0.2, 0.25) is 0 Å². The van der Waals surface area contributed by atoms with Crippen molar-refractivity contribution in [2.75, 3.05) is 12.3 Å². The third kappa shape index (κ3) is 3.23. The number of nitrogens with two attached hydrogens (primary N) is 1. The molecule has 0 saturated heterocycles. The molecule has 0 spiro atoms. The summed E-state index contributed by atoms with van der Waals surface area (Å²) in [6, 6.07) is 7.05. The Hall–Kier alpha value is -1.55. The molecule has 1 aromatic carbocycles. The number of aliphatic hydroxyl groups is 1. The van der Waals surface area contributed by atoms with Crippen molar-refractivity contribution in [2.45, 2.75) is 31.8 Å². The van der Waals surface area contributed by atoms with Crippen molar-refractivity contribution in [3.8, 4) is 0 Å². The topological polar surface area (TPSA) is 75.4 Å². The monoisotopic (exact) mass is 248 g/mol. The highest BCUT2D eigenvalue weighted by atomic mass is 16.3. The lowest BCUT2D eigenvalue weighted by atomic mass is 9.87. The molecule has 1 saturated carbocycles. The van der Waals surface area contributed by atoms with Gasteiger partial charge in [-0.1, -0.05) is 18.6 Å². The van der Waals surface area contributed by atoms with Gasteiger partial charge in [-0.25, -0.2) is 0 Å². The number of hydrogen-bond acceptors (Lipinski definition) is 3. The van der Waals surface area contributed by atoms with Crippen molar-refractivity contribution in [1.29, 1.82) is 0 Å². The molecule has 4 heteroatoms. The molecule has 2 unspecified atom stereocenters. The van der Waals surface area contributed by atoms with E-state index in [-0.39, 0.29) is 12.0 Å². The lowest BCUT2D eigenvalue weighted by molar-refractivity contribution is 0.0874. The van der Waals surface area contributed by atoms with Crippen LogP contribution in [0.3, 0.4) is 0 Å². The van der Waals surface area contributed by atoms with Crippen molar-refractivity contribution >= 4 is 11.6 Å². The van der Waals surface area contributed by atoms with Crippen LogP contribution in [-0.2, 0) is 0 Å². The third-order valence-electron chi connectivity index (χ3n) is 3.51. The minimum absolute atomic E-state index is 0.131. The van der Waals surface area contributed by atoms with E-state index in [9.17, 15) is 9.90 Å². The Kier molecular flexibility index (Phi) is 4.20. The fourth-order valence-corrected chi connectivity index (χ4v) is 2.48. The molecule has 1 aliphatic rings. The van der Waals surface area contributed by atoms with E-state index in [1.807, 2.05) is 6.07 Å². The standard InChI is InChI=1S/C14H20N2O2/c15-13-7-2-1-6-12(13)14(18)16-9-10-4-3-5-11(17)8-10/h1-2,6-7,10-11,17H,3-5,8-9,15H2,(H,16,18). The van der Waals surface area contributed by atoms with Crippen LogP contribution in [0.25, 0.3) is 0 Å². The normalized spacial score (nSPS) is 23.6. The predicted octanol–water partition coefficient (Wildman–Crippen LogP) is 1.55. The number of aliphatic hydroxyl groups excluding tert-OH is 1. The van der Waals surface area contributed by atoms with Crippen LogP contribution in [0.1, 0.15) is 36.0 Å². The van der Waals surface area contributed by atoms with E-state index < -0.39 is 0 Å². The molecule has 1 aliphatic carbocycles. The van der Waals surface area contributed by atoms with Gasteiger partial charge in [0, 0.05) is 12.2 Å². The van der Waals surface area contributed by atoms with Crippen LogP contribution in [0.5, 0.6) is 0 Å². The van der Waals surface area contributed by atoms with Crippen molar-refractivity contribution in [3.63, 3.8) is 0 Å². The second-order valence-electron chi connectivity index (χ2n) is 4.98. The van der Waals surface area contributed by atoms with E-state index in [1.54, 1.807) is 18.2 Å². The zero-order chi connectivity index (χ0) is 13.0. The number of carbonyl (C=O) groups is 1. The minimum Gasteiger partial charge on any atom is -0.398 e. The van der Waals surface area contributed by atoms with Crippen LogP contribution in [0.15, 0.2) is 24.3 Å². The molecular formula is C14H20N2O2. The van der Waals surface area contributed by atoms with Gasteiger partial charge in [0.1, 0.15) is 0 Å². The summed E-state index contributed by atoms with van der Waals surface area (Å²) in [5.41, 5.74) is 6.77. The van der Waals surface area contributed by atoms with E-state index >= 15 is 0 Å². The largest absolute Gasteiger partial charge is 0.398 e. The molecule has 2 rings (SSSR count). The summed E-state index contributed by atoms with van der Waals surface area (Å²) in [4.78, 5) is 11.9. The molecular weight excluding hydrogens is 228 g/mol. The van der Waals surface area contributed by atoms with E-state index in [4.69, 9.17) is 5.73 Å². The van der Waals surface area contributed by atoms with Gasteiger partial charge >= 0.3 is 0 Å². The molecule has 0 heterocycles. The van der Waals surface area contributed by atoms with Gasteiger partial charge in [-0.2, -0.15) is 0 Å². The number of para-hydroxylation sites is 1. The van der Waals surface area contributed by atoms with Crippen molar-refractivity contribution in [2.24, 2.45) is 5.92 Å². The molecule has 0 bridgehead atoms.